The summed E-state index contributed by atoms with van der Waals surface area (Å²) in [7, 11) is 5.57. The van der Waals surface area contributed by atoms with E-state index in [0.717, 1.165) is 12.1 Å². The fourth-order valence-corrected chi connectivity index (χ4v) is 3.45. The van der Waals surface area contributed by atoms with E-state index in [4.69, 9.17) is 13.9 Å². The second kappa shape index (κ2) is 9.16. The molecule has 6 heteroatoms. The van der Waals surface area contributed by atoms with Crippen LogP contribution >= 0.6 is 0 Å². The molecule has 164 valence electrons. The molecule has 1 N–H and O–H groups in total. The van der Waals surface area contributed by atoms with Crippen LogP contribution in [0.15, 0.2) is 71.1 Å². The van der Waals surface area contributed by atoms with E-state index in [0.29, 0.717) is 46.0 Å². The normalized spacial score (nSPS) is 11.1. The van der Waals surface area contributed by atoms with Crippen LogP contribution in [0.2, 0.25) is 0 Å². The third kappa shape index (κ3) is 4.45. The van der Waals surface area contributed by atoms with E-state index < -0.39 is 0 Å². The number of methoxy groups -OCH3 is 1. The molecule has 0 saturated carbocycles. The van der Waals surface area contributed by atoms with Crippen molar-refractivity contribution in [3.8, 4) is 28.6 Å². The van der Waals surface area contributed by atoms with Gasteiger partial charge in [-0.05, 0) is 74.8 Å². The van der Waals surface area contributed by atoms with Crippen molar-refractivity contribution in [1.29, 1.82) is 0 Å². The van der Waals surface area contributed by atoms with Crippen LogP contribution in [0, 0.1) is 0 Å². The quantitative estimate of drug-likeness (QED) is 0.397. The first-order chi connectivity index (χ1) is 15.5. The molecule has 4 rings (SSSR count). The van der Waals surface area contributed by atoms with E-state index in [1.54, 1.807) is 43.5 Å². The highest BCUT2D eigenvalue weighted by Crippen LogP contribution is 2.37. The molecule has 0 radical (unpaired) electrons. The van der Waals surface area contributed by atoms with Crippen LogP contribution in [-0.4, -0.2) is 50.1 Å². The zero-order valence-electron chi connectivity index (χ0n) is 18.3. The Morgan fingerprint density at radius 1 is 0.969 bits per heavy atom. The van der Waals surface area contributed by atoms with Gasteiger partial charge in [-0.3, -0.25) is 4.79 Å². The van der Waals surface area contributed by atoms with Crippen molar-refractivity contribution in [1.82, 2.24) is 4.90 Å². The Kier molecular flexibility index (Phi) is 6.14. The van der Waals surface area contributed by atoms with E-state index in [1.807, 2.05) is 43.3 Å². The first-order valence-corrected chi connectivity index (χ1v) is 10.3. The standard InChI is InChI=1S/C26H25NO5/c1-27(2)14-15-31-21-11-4-17(5-12-21)25(29)24-22-13-8-19(28)16-23(22)32-26(24)18-6-9-20(30-3)10-7-18/h4-13,16,28H,14-15H2,1-3H3. The molecule has 3 aromatic carbocycles. The second-order valence-electron chi connectivity index (χ2n) is 7.72. The molecule has 0 aliphatic carbocycles. The number of phenolic OH excluding ortho intramolecular Hbond substituents is 1. The van der Waals surface area contributed by atoms with Crippen LogP contribution in [0.25, 0.3) is 22.3 Å². The summed E-state index contributed by atoms with van der Waals surface area (Å²) in [6.07, 6.45) is 0. The Morgan fingerprint density at radius 2 is 1.66 bits per heavy atom. The number of carbonyl (C=O) groups is 1. The number of nitrogens with zero attached hydrogens (tertiary/aromatic N) is 1. The summed E-state index contributed by atoms with van der Waals surface area (Å²) in [5.74, 6) is 1.77. The van der Waals surface area contributed by atoms with Crippen molar-refractivity contribution < 1.29 is 23.8 Å². The summed E-state index contributed by atoms with van der Waals surface area (Å²) in [6, 6.07) is 19.2. The van der Waals surface area contributed by atoms with Gasteiger partial charge in [0.05, 0.1) is 12.7 Å². The zero-order valence-corrected chi connectivity index (χ0v) is 18.3. The molecular weight excluding hydrogens is 406 g/mol. The van der Waals surface area contributed by atoms with Gasteiger partial charge in [-0.1, -0.05) is 0 Å². The number of ether oxygens (including phenoxy) is 2. The van der Waals surface area contributed by atoms with Crippen LogP contribution in [0.3, 0.4) is 0 Å². The molecule has 0 amide bonds. The molecule has 0 atom stereocenters. The maximum Gasteiger partial charge on any atom is 0.197 e. The Bertz CT molecular complexity index is 1220. The molecule has 1 aromatic heterocycles. The molecule has 0 fully saturated rings. The van der Waals surface area contributed by atoms with Crippen molar-refractivity contribution in [3.05, 3.63) is 77.9 Å². The minimum Gasteiger partial charge on any atom is -0.508 e. The summed E-state index contributed by atoms with van der Waals surface area (Å²) < 4.78 is 17.0. The SMILES string of the molecule is COc1ccc(-c2oc3cc(O)ccc3c2C(=O)c2ccc(OCCN(C)C)cc2)cc1. The van der Waals surface area contributed by atoms with Gasteiger partial charge in [0.25, 0.3) is 0 Å². The van der Waals surface area contributed by atoms with Crippen molar-refractivity contribution in [2.45, 2.75) is 0 Å². The lowest BCUT2D eigenvalue weighted by Crippen LogP contribution is -2.19. The molecule has 0 saturated heterocycles. The van der Waals surface area contributed by atoms with Crippen molar-refractivity contribution in [3.63, 3.8) is 0 Å². The number of aromatic hydroxyl groups is 1. The Hall–Kier alpha value is -3.77. The highest BCUT2D eigenvalue weighted by atomic mass is 16.5. The number of furan rings is 1. The maximum absolute atomic E-state index is 13.5. The van der Waals surface area contributed by atoms with Crippen LogP contribution < -0.4 is 9.47 Å². The van der Waals surface area contributed by atoms with Crippen LogP contribution in [0.5, 0.6) is 17.2 Å². The molecule has 32 heavy (non-hydrogen) atoms. The van der Waals surface area contributed by atoms with Crippen molar-refractivity contribution in [2.24, 2.45) is 0 Å². The predicted octanol–water partition coefficient (Wildman–Crippen LogP) is 4.99. The van der Waals surface area contributed by atoms with Gasteiger partial charge in [-0.15, -0.1) is 0 Å². The summed E-state index contributed by atoms with van der Waals surface area (Å²) in [4.78, 5) is 15.6. The first kappa shape index (κ1) is 21.5. The number of carbonyl (C=O) groups excluding carboxylic acids is 1. The minimum atomic E-state index is -0.167. The minimum absolute atomic E-state index is 0.0748. The van der Waals surface area contributed by atoms with Gasteiger partial charge in [0.2, 0.25) is 0 Å². The fraction of sp³-hybridized carbons (Fsp3) is 0.192. The molecule has 6 nitrogen and oxygen atoms in total. The third-order valence-corrected chi connectivity index (χ3v) is 5.18. The average molecular weight is 431 g/mol. The highest BCUT2D eigenvalue weighted by Gasteiger charge is 2.23. The monoisotopic (exact) mass is 431 g/mol. The van der Waals surface area contributed by atoms with Gasteiger partial charge in [0.15, 0.2) is 5.78 Å². The number of phenols is 1. The lowest BCUT2D eigenvalue weighted by atomic mass is 9.97. The Labute approximate surface area is 186 Å². The molecule has 0 aliphatic heterocycles. The maximum atomic E-state index is 13.5. The fourth-order valence-electron chi connectivity index (χ4n) is 3.45. The van der Waals surface area contributed by atoms with Crippen molar-refractivity contribution >= 4 is 16.8 Å². The van der Waals surface area contributed by atoms with Gasteiger partial charge >= 0.3 is 0 Å². The van der Waals surface area contributed by atoms with E-state index in [2.05, 4.69) is 0 Å². The Morgan fingerprint density at radius 3 is 2.31 bits per heavy atom. The van der Waals surface area contributed by atoms with E-state index >= 15 is 0 Å². The zero-order chi connectivity index (χ0) is 22.7. The van der Waals surface area contributed by atoms with Gasteiger partial charge in [-0.2, -0.15) is 0 Å². The van der Waals surface area contributed by atoms with E-state index in [9.17, 15) is 9.90 Å². The summed E-state index contributed by atoms with van der Waals surface area (Å²) in [6.45, 7) is 1.37. The van der Waals surface area contributed by atoms with E-state index in [-0.39, 0.29) is 11.5 Å². The van der Waals surface area contributed by atoms with Crippen LogP contribution in [-0.2, 0) is 0 Å². The predicted molar refractivity (Wildman–Crippen MR) is 124 cm³/mol. The number of fused-ring (bicyclic) bond motifs is 1. The molecule has 0 unspecified atom stereocenters. The number of likely N-dealkylation sites (N-methyl/N-ethyl adjacent to an activating group) is 1. The highest BCUT2D eigenvalue weighted by molar-refractivity contribution is 6.19. The average Bonchev–Trinajstić information content (AvgIpc) is 3.17. The molecule has 0 spiro atoms. The second-order valence-corrected chi connectivity index (χ2v) is 7.72. The molecule has 1 heterocycles. The lowest BCUT2D eigenvalue weighted by Gasteiger charge is -2.11. The number of ketones is 1. The topological polar surface area (TPSA) is 72.1 Å². The van der Waals surface area contributed by atoms with E-state index in [1.165, 1.54) is 6.07 Å². The third-order valence-electron chi connectivity index (χ3n) is 5.18. The van der Waals surface area contributed by atoms with Gasteiger partial charge < -0.3 is 23.9 Å². The number of benzene rings is 3. The number of rotatable bonds is 8. The Balaban J connectivity index is 1.71. The van der Waals surface area contributed by atoms with Gasteiger partial charge in [0, 0.05) is 29.1 Å². The molecular formula is C26H25NO5. The van der Waals surface area contributed by atoms with Crippen LogP contribution in [0.1, 0.15) is 15.9 Å². The molecule has 0 bridgehead atoms. The number of hydrogen-bond donors (Lipinski definition) is 1. The summed E-state index contributed by atoms with van der Waals surface area (Å²) in [5.41, 5.74) is 2.17. The van der Waals surface area contributed by atoms with Crippen LogP contribution in [0.4, 0.5) is 0 Å². The molecule has 4 aromatic rings. The summed E-state index contributed by atoms with van der Waals surface area (Å²) in [5, 5.41) is 10.5. The van der Waals surface area contributed by atoms with Crippen molar-refractivity contribution in [2.75, 3.05) is 34.4 Å². The lowest BCUT2D eigenvalue weighted by molar-refractivity contribution is 0.104. The largest absolute Gasteiger partial charge is 0.508 e. The molecule has 0 aliphatic rings. The van der Waals surface area contributed by atoms with Gasteiger partial charge in [-0.25, -0.2) is 0 Å². The van der Waals surface area contributed by atoms with Gasteiger partial charge in [0.1, 0.15) is 35.2 Å². The summed E-state index contributed by atoms with van der Waals surface area (Å²) >= 11 is 0. The smallest absolute Gasteiger partial charge is 0.197 e. The number of hydrogen-bond acceptors (Lipinski definition) is 6. The first-order valence-electron chi connectivity index (χ1n) is 10.3.